The summed E-state index contributed by atoms with van der Waals surface area (Å²) in [7, 11) is 6.07. The van der Waals surface area contributed by atoms with Crippen molar-refractivity contribution in [2.75, 3.05) is 40.4 Å². The number of hydrogen-bond donors (Lipinski definition) is 1. The monoisotopic (exact) mass is 519 g/mol. The van der Waals surface area contributed by atoms with Crippen LogP contribution < -0.4 is 34.4 Å². The lowest BCUT2D eigenvalue weighted by molar-refractivity contribution is -0.118. The van der Waals surface area contributed by atoms with Crippen molar-refractivity contribution in [2.45, 2.75) is 13.8 Å². The molecule has 3 aromatic carbocycles. The fraction of sp³-hybridized carbons (Fsp3) is 0.241. The number of nitrogens with one attached hydrogen (secondary N) is 1. The lowest BCUT2D eigenvalue weighted by Crippen LogP contribution is -2.23. The van der Waals surface area contributed by atoms with Crippen LogP contribution in [0.15, 0.2) is 57.7 Å². The third kappa shape index (κ3) is 5.22. The van der Waals surface area contributed by atoms with E-state index in [2.05, 4.69) is 5.32 Å². The highest BCUT2D eigenvalue weighted by Crippen LogP contribution is 2.37. The van der Waals surface area contributed by atoms with E-state index in [0.717, 1.165) is 11.1 Å². The Labute approximate surface area is 219 Å². The molecule has 38 heavy (non-hydrogen) atoms. The van der Waals surface area contributed by atoms with Gasteiger partial charge in [0.05, 0.1) is 39.5 Å². The molecule has 1 heterocycles. The van der Waals surface area contributed by atoms with E-state index in [9.17, 15) is 9.59 Å². The lowest BCUT2D eigenvalue weighted by atomic mass is 10.0. The first-order valence-electron chi connectivity index (χ1n) is 11.7. The van der Waals surface area contributed by atoms with Gasteiger partial charge in [0.25, 0.3) is 5.91 Å². The molecule has 0 fully saturated rings. The molecule has 1 amide bonds. The van der Waals surface area contributed by atoms with Crippen LogP contribution in [0, 0.1) is 13.8 Å². The minimum atomic E-state index is -0.494. The van der Waals surface area contributed by atoms with Gasteiger partial charge in [0.1, 0.15) is 17.1 Å². The van der Waals surface area contributed by atoms with Crippen molar-refractivity contribution in [3.05, 3.63) is 69.9 Å². The van der Waals surface area contributed by atoms with E-state index in [4.69, 9.17) is 28.1 Å². The van der Waals surface area contributed by atoms with Crippen LogP contribution in [-0.2, 0) is 4.79 Å². The number of carbonyl (C=O) groups excluding carboxylic acids is 1. The van der Waals surface area contributed by atoms with Crippen LogP contribution in [0.5, 0.6) is 28.7 Å². The molecule has 198 valence electrons. The third-order valence-corrected chi connectivity index (χ3v) is 5.96. The minimum absolute atomic E-state index is 0.0911. The molecule has 0 aliphatic carbocycles. The Balaban J connectivity index is 1.74. The Morgan fingerprint density at radius 3 is 2.26 bits per heavy atom. The van der Waals surface area contributed by atoms with Crippen molar-refractivity contribution >= 4 is 22.6 Å². The normalized spacial score (nSPS) is 10.7. The minimum Gasteiger partial charge on any atom is -0.497 e. The number of rotatable bonds is 9. The number of anilines is 1. The maximum atomic E-state index is 13.6. The van der Waals surface area contributed by atoms with E-state index in [1.165, 1.54) is 28.4 Å². The average molecular weight is 520 g/mol. The topological polar surface area (TPSA) is 105 Å². The van der Waals surface area contributed by atoms with E-state index in [1.54, 1.807) is 42.5 Å². The number of benzene rings is 3. The summed E-state index contributed by atoms with van der Waals surface area (Å²) in [5, 5.41) is 3.10. The van der Waals surface area contributed by atoms with Gasteiger partial charge >= 0.3 is 0 Å². The summed E-state index contributed by atoms with van der Waals surface area (Å²) in [4.78, 5) is 26.5. The zero-order valence-electron chi connectivity index (χ0n) is 22.1. The summed E-state index contributed by atoms with van der Waals surface area (Å²) in [5.41, 5.74) is 2.70. The number of amides is 1. The van der Waals surface area contributed by atoms with Gasteiger partial charge < -0.3 is 33.4 Å². The Morgan fingerprint density at radius 2 is 1.58 bits per heavy atom. The van der Waals surface area contributed by atoms with Gasteiger partial charge in [-0.1, -0.05) is 6.07 Å². The summed E-state index contributed by atoms with van der Waals surface area (Å²) in [6.45, 7) is 3.31. The van der Waals surface area contributed by atoms with Crippen LogP contribution >= 0.6 is 0 Å². The van der Waals surface area contributed by atoms with Gasteiger partial charge in [-0.05, 0) is 61.4 Å². The van der Waals surface area contributed by atoms with Crippen molar-refractivity contribution in [1.82, 2.24) is 0 Å². The van der Waals surface area contributed by atoms with Gasteiger partial charge in [-0.15, -0.1) is 0 Å². The molecule has 9 nitrogen and oxygen atoms in total. The van der Waals surface area contributed by atoms with Gasteiger partial charge in [-0.25, -0.2) is 0 Å². The summed E-state index contributed by atoms with van der Waals surface area (Å²) in [6, 6.07) is 13.8. The van der Waals surface area contributed by atoms with Crippen molar-refractivity contribution < 1.29 is 32.9 Å². The maximum Gasteiger partial charge on any atom is 0.262 e. The van der Waals surface area contributed by atoms with Crippen LogP contribution in [0.25, 0.3) is 22.3 Å². The number of methoxy groups -OCH3 is 4. The zero-order valence-corrected chi connectivity index (χ0v) is 22.1. The molecule has 4 aromatic rings. The molecule has 0 aliphatic heterocycles. The van der Waals surface area contributed by atoms with E-state index in [1.807, 2.05) is 19.9 Å². The molecule has 9 heteroatoms. The summed E-state index contributed by atoms with van der Waals surface area (Å²) in [5.74, 6) is 1.54. The van der Waals surface area contributed by atoms with Crippen LogP contribution in [0.4, 0.5) is 5.69 Å². The van der Waals surface area contributed by atoms with Gasteiger partial charge in [-0.2, -0.15) is 0 Å². The van der Waals surface area contributed by atoms with Gasteiger partial charge in [0.2, 0.25) is 11.2 Å². The highest BCUT2D eigenvalue weighted by Gasteiger charge is 2.22. The molecule has 0 unspecified atom stereocenters. The Morgan fingerprint density at radius 1 is 0.842 bits per heavy atom. The molecule has 1 aromatic heterocycles. The number of aryl methyl sites for hydroxylation is 2. The van der Waals surface area contributed by atoms with Crippen molar-refractivity contribution in [1.29, 1.82) is 0 Å². The smallest absolute Gasteiger partial charge is 0.262 e. The largest absolute Gasteiger partial charge is 0.497 e. The summed E-state index contributed by atoms with van der Waals surface area (Å²) >= 11 is 0. The predicted molar refractivity (Wildman–Crippen MR) is 144 cm³/mol. The number of fused-ring (bicyclic) bond motifs is 1. The highest BCUT2D eigenvalue weighted by atomic mass is 16.5. The fourth-order valence-corrected chi connectivity index (χ4v) is 4.16. The zero-order chi connectivity index (χ0) is 27.4. The number of ether oxygens (including phenoxy) is 5. The van der Waals surface area contributed by atoms with E-state index < -0.39 is 17.9 Å². The first-order chi connectivity index (χ1) is 18.3. The predicted octanol–water partition coefficient (Wildman–Crippen LogP) is 5.13. The molecule has 0 radical (unpaired) electrons. The third-order valence-electron chi connectivity index (χ3n) is 5.96. The van der Waals surface area contributed by atoms with E-state index in [0.29, 0.717) is 45.2 Å². The second-order valence-electron chi connectivity index (χ2n) is 8.52. The first kappa shape index (κ1) is 26.4. The molecule has 0 saturated heterocycles. The molecule has 0 saturated carbocycles. The standard InChI is InChI=1S/C29H29NO8/c1-16-11-17(2)27-20(12-16)26(32)29(28(38-27)18-7-10-22(34-4)24(13-18)36-6)37-15-25(31)30-21-9-8-19(33-3)14-23(21)35-5/h7-14H,15H2,1-6H3,(H,30,31). The van der Waals surface area contributed by atoms with Gasteiger partial charge in [-0.3, -0.25) is 9.59 Å². The average Bonchev–Trinajstić information content (AvgIpc) is 2.92. The molecule has 1 N–H and O–H groups in total. The van der Waals surface area contributed by atoms with Gasteiger partial charge in [0.15, 0.2) is 23.9 Å². The molecule has 0 atom stereocenters. The Bertz CT molecular complexity index is 1560. The first-order valence-corrected chi connectivity index (χ1v) is 11.7. The molecular formula is C29H29NO8. The molecule has 0 spiro atoms. The quantitative estimate of drug-likeness (QED) is 0.325. The van der Waals surface area contributed by atoms with Crippen LogP contribution in [0.3, 0.4) is 0 Å². The molecular weight excluding hydrogens is 490 g/mol. The van der Waals surface area contributed by atoms with E-state index in [-0.39, 0.29) is 11.5 Å². The second kappa shape index (κ2) is 11.2. The molecule has 0 bridgehead atoms. The second-order valence-corrected chi connectivity index (χ2v) is 8.52. The Kier molecular flexibility index (Phi) is 7.76. The SMILES string of the molecule is COc1ccc(NC(=O)COc2c(-c3ccc(OC)c(OC)c3)oc3c(C)cc(C)cc3c2=O)c(OC)c1. The fourth-order valence-electron chi connectivity index (χ4n) is 4.16. The summed E-state index contributed by atoms with van der Waals surface area (Å²) in [6.07, 6.45) is 0. The van der Waals surface area contributed by atoms with Crippen molar-refractivity contribution in [3.8, 4) is 40.1 Å². The van der Waals surface area contributed by atoms with Gasteiger partial charge in [0, 0.05) is 11.6 Å². The lowest BCUT2D eigenvalue weighted by Gasteiger charge is -2.15. The molecule has 4 rings (SSSR count). The highest BCUT2D eigenvalue weighted by molar-refractivity contribution is 5.94. The Hall–Kier alpha value is -4.66. The van der Waals surface area contributed by atoms with Crippen LogP contribution in [0.2, 0.25) is 0 Å². The maximum absolute atomic E-state index is 13.6. The van der Waals surface area contributed by atoms with Crippen molar-refractivity contribution in [3.63, 3.8) is 0 Å². The number of hydrogen-bond acceptors (Lipinski definition) is 8. The summed E-state index contributed by atoms with van der Waals surface area (Å²) < 4.78 is 33.4. The van der Waals surface area contributed by atoms with E-state index >= 15 is 0 Å². The van der Waals surface area contributed by atoms with Crippen LogP contribution in [0.1, 0.15) is 11.1 Å². The molecule has 0 aliphatic rings. The van der Waals surface area contributed by atoms with Crippen molar-refractivity contribution in [2.24, 2.45) is 0 Å². The van der Waals surface area contributed by atoms with Crippen LogP contribution in [-0.4, -0.2) is 41.0 Å². The number of carbonyl (C=O) groups is 1.